The molecule has 7 heteroatoms. The molecular weight excluding hydrogens is 328 g/mol. The molecule has 3 aromatic rings. The fourth-order valence-electron chi connectivity index (χ4n) is 3.43. The Kier molecular flexibility index (Phi) is 4.68. The van der Waals surface area contributed by atoms with E-state index in [4.69, 9.17) is 0 Å². The lowest BCUT2D eigenvalue weighted by atomic mass is 9.97. The summed E-state index contributed by atoms with van der Waals surface area (Å²) in [6.45, 7) is 0.794. The molecule has 0 N–H and O–H groups in total. The Morgan fingerprint density at radius 3 is 2.73 bits per heavy atom. The highest BCUT2D eigenvalue weighted by Crippen LogP contribution is 2.30. The molecule has 0 bridgehead atoms. The second-order valence-corrected chi connectivity index (χ2v) is 6.45. The summed E-state index contributed by atoms with van der Waals surface area (Å²) in [6, 6.07) is 13.7. The number of nitrogens with zero attached hydrogens (tertiary/aromatic N) is 6. The minimum absolute atomic E-state index is 0.0814. The second-order valence-electron chi connectivity index (χ2n) is 6.45. The van der Waals surface area contributed by atoms with Crippen LogP contribution < -0.4 is 0 Å². The third-order valence-corrected chi connectivity index (χ3v) is 4.76. The van der Waals surface area contributed by atoms with E-state index in [2.05, 4.69) is 20.5 Å². The quantitative estimate of drug-likeness (QED) is 0.723. The largest absolute Gasteiger partial charge is 0.334 e. The molecular formula is C19H20N6O. The molecule has 26 heavy (non-hydrogen) atoms. The average Bonchev–Trinajstić information content (AvgIpc) is 3.24. The van der Waals surface area contributed by atoms with Crippen molar-refractivity contribution in [3.05, 3.63) is 66.2 Å². The van der Waals surface area contributed by atoms with Crippen LogP contribution in [0.5, 0.6) is 0 Å². The third-order valence-electron chi connectivity index (χ3n) is 4.76. The van der Waals surface area contributed by atoms with Gasteiger partial charge in [-0.25, -0.2) is 4.68 Å². The first-order valence-corrected chi connectivity index (χ1v) is 8.84. The van der Waals surface area contributed by atoms with Crippen LogP contribution in [0, 0.1) is 0 Å². The van der Waals surface area contributed by atoms with Crippen LogP contribution in [0.2, 0.25) is 0 Å². The lowest BCUT2D eigenvalue weighted by molar-refractivity contribution is -0.134. The van der Waals surface area contributed by atoms with E-state index < -0.39 is 0 Å². The van der Waals surface area contributed by atoms with Crippen LogP contribution in [0.25, 0.3) is 5.69 Å². The first-order chi connectivity index (χ1) is 12.8. The average molecular weight is 348 g/mol. The highest BCUT2D eigenvalue weighted by Gasteiger charge is 2.28. The first-order valence-electron chi connectivity index (χ1n) is 8.84. The smallest absolute Gasteiger partial charge is 0.227 e. The van der Waals surface area contributed by atoms with Gasteiger partial charge in [-0.3, -0.25) is 9.78 Å². The SMILES string of the molecule is O=C(Cc1ccc(-n2cnnn2)cc1)N1CCCCC1c1ccccn1. The van der Waals surface area contributed by atoms with Crippen LogP contribution >= 0.6 is 0 Å². The summed E-state index contributed by atoms with van der Waals surface area (Å²) >= 11 is 0. The Bertz CT molecular complexity index is 848. The van der Waals surface area contributed by atoms with E-state index in [1.165, 1.54) is 0 Å². The van der Waals surface area contributed by atoms with Gasteiger partial charge in [-0.2, -0.15) is 0 Å². The Labute approximate surface area is 151 Å². The van der Waals surface area contributed by atoms with E-state index in [0.29, 0.717) is 6.42 Å². The van der Waals surface area contributed by atoms with Crippen LogP contribution in [0.1, 0.15) is 36.6 Å². The number of tetrazole rings is 1. The monoisotopic (exact) mass is 348 g/mol. The van der Waals surface area contributed by atoms with Crippen molar-refractivity contribution < 1.29 is 4.79 Å². The van der Waals surface area contributed by atoms with Crippen LogP contribution in [-0.4, -0.2) is 42.5 Å². The van der Waals surface area contributed by atoms with Crippen molar-refractivity contribution >= 4 is 5.91 Å². The van der Waals surface area contributed by atoms with E-state index in [1.807, 2.05) is 47.4 Å². The molecule has 1 atom stereocenters. The van der Waals surface area contributed by atoms with Crippen molar-refractivity contribution in [2.45, 2.75) is 31.7 Å². The van der Waals surface area contributed by atoms with Gasteiger partial charge in [-0.15, -0.1) is 5.10 Å². The van der Waals surface area contributed by atoms with Gasteiger partial charge in [0.1, 0.15) is 6.33 Å². The fourth-order valence-corrected chi connectivity index (χ4v) is 3.43. The molecule has 0 aliphatic carbocycles. The molecule has 1 aromatic carbocycles. The summed E-state index contributed by atoms with van der Waals surface area (Å²) in [5.74, 6) is 0.149. The predicted molar refractivity (Wildman–Crippen MR) is 95.4 cm³/mol. The molecule has 0 spiro atoms. The molecule has 1 aliphatic heterocycles. The summed E-state index contributed by atoms with van der Waals surface area (Å²) in [7, 11) is 0. The van der Waals surface area contributed by atoms with Gasteiger partial charge in [-0.1, -0.05) is 18.2 Å². The number of rotatable bonds is 4. The molecule has 0 saturated carbocycles. The molecule has 1 fully saturated rings. The number of hydrogen-bond donors (Lipinski definition) is 0. The Balaban J connectivity index is 1.48. The number of amides is 1. The van der Waals surface area contributed by atoms with Crippen LogP contribution in [-0.2, 0) is 11.2 Å². The minimum atomic E-state index is 0.0814. The lowest BCUT2D eigenvalue weighted by Crippen LogP contribution is -2.39. The summed E-state index contributed by atoms with van der Waals surface area (Å²) in [6.07, 6.45) is 6.88. The highest BCUT2D eigenvalue weighted by molar-refractivity contribution is 5.79. The Morgan fingerprint density at radius 1 is 1.12 bits per heavy atom. The van der Waals surface area contributed by atoms with Crippen molar-refractivity contribution in [3.8, 4) is 5.69 Å². The van der Waals surface area contributed by atoms with Gasteiger partial charge >= 0.3 is 0 Å². The summed E-state index contributed by atoms with van der Waals surface area (Å²) in [4.78, 5) is 19.4. The number of piperidine rings is 1. The first kappa shape index (κ1) is 16.4. The van der Waals surface area contributed by atoms with E-state index in [-0.39, 0.29) is 11.9 Å². The minimum Gasteiger partial charge on any atom is -0.334 e. The maximum absolute atomic E-state index is 12.9. The van der Waals surface area contributed by atoms with E-state index in [0.717, 1.165) is 42.8 Å². The zero-order valence-corrected chi connectivity index (χ0v) is 14.4. The summed E-state index contributed by atoms with van der Waals surface area (Å²) < 4.78 is 1.59. The van der Waals surface area contributed by atoms with Gasteiger partial charge < -0.3 is 4.90 Å². The van der Waals surface area contributed by atoms with Crippen molar-refractivity contribution in [2.75, 3.05) is 6.54 Å². The standard InChI is InChI=1S/C19H20N6O/c26-19(13-15-7-9-16(10-8-15)25-14-21-22-23-25)24-12-4-2-6-18(24)17-5-1-3-11-20-17/h1,3,5,7-11,14,18H,2,4,6,12-13H2. The normalized spacial score (nSPS) is 17.2. The maximum atomic E-state index is 12.9. The zero-order chi connectivity index (χ0) is 17.8. The van der Waals surface area contributed by atoms with Gasteiger partial charge in [-0.05, 0) is 59.5 Å². The number of carbonyl (C=O) groups is 1. The molecule has 7 nitrogen and oxygen atoms in total. The molecule has 1 aliphatic rings. The van der Waals surface area contributed by atoms with Crippen molar-refractivity contribution in [1.82, 2.24) is 30.1 Å². The van der Waals surface area contributed by atoms with E-state index >= 15 is 0 Å². The number of aromatic nitrogens is 5. The van der Waals surface area contributed by atoms with Crippen molar-refractivity contribution in [1.29, 1.82) is 0 Å². The zero-order valence-electron chi connectivity index (χ0n) is 14.4. The van der Waals surface area contributed by atoms with Crippen LogP contribution in [0.4, 0.5) is 0 Å². The molecule has 4 rings (SSSR count). The molecule has 3 heterocycles. The predicted octanol–water partition coefficient (Wildman–Crippen LogP) is 2.35. The summed E-state index contributed by atoms with van der Waals surface area (Å²) in [5, 5.41) is 11.1. The van der Waals surface area contributed by atoms with Crippen molar-refractivity contribution in [2.24, 2.45) is 0 Å². The Hall–Kier alpha value is -3.09. The lowest BCUT2D eigenvalue weighted by Gasteiger charge is -2.35. The Morgan fingerprint density at radius 2 is 2.00 bits per heavy atom. The van der Waals surface area contributed by atoms with Crippen LogP contribution in [0.3, 0.4) is 0 Å². The molecule has 2 aromatic heterocycles. The van der Waals surface area contributed by atoms with Gasteiger partial charge in [0.25, 0.3) is 0 Å². The van der Waals surface area contributed by atoms with Gasteiger partial charge in [0.05, 0.1) is 23.8 Å². The van der Waals surface area contributed by atoms with E-state index in [9.17, 15) is 4.79 Å². The molecule has 0 radical (unpaired) electrons. The van der Waals surface area contributed by atoms with E-state index in [1.54, 1.807) is 17.2 Å². The topological polar surface area (TPSA) is 76.8 Å². The van der Waals surface area contributed by atoms with Crippen LogP contribution in [0.15, 0.2) is 55.0 Å². The third kappa shape index (κ3) is 3.46. The number of pyridine rings is 1. The van der Waals surface area contributed by atoms with Gasteiger partial charge in [0.15, 0.2) is 0 Å². The molecule has 132 valence electrons. The van der Waals surface area contributed by atoms with Gasteiger partial charge in [0, 0.05) is 12.7 Å². The molecule has 1 saturated heterocycles. The number of benzene rings is 1. The summed E-state index contributed by atoms with van der Waals surface area (Å²) in [5.41, 5.74) is 2.84. The molecule has 1 amide bonds. The van der Waals surface area contributed by atoms with Crippen molar-refractivity contribution in [3.63, 3.8) is 0 Å². The second kappa shape index (κ2) is 7.43. The highest BCUT2D eigenvalue weighted by atomic mass is 16.2. The van der Waals surface area contributed by atoms with Gasteiger partial charge in [0.2, 0.25) is 5.91 Å². The number of hydrogen-bond acceptors (Lipinski definition) is 5. The maximum Gasteiger partial charge on any atom is 0.227 e. The number of carbonyl (C=O) groups excluding carboxylic acids is 1. The molecule has 1 unspecified atom stereocenters. The number of likely N-dealkylation sites (tertiary alicyclic amines) is 1. The fraction of sp³-hybridized carbons (Fsp3) is 0.316.